The van der Waals surface area contributed by atoms with Gasteiger partial charge in [-0.15, -0.1) is 0 Å². The molecule has 1 aromatic heterocycles. The van der Waals surface area contributed by atoms with Gasteiger partial charge in [-0.2, -0.15) is 0 Å². The topological polar surface area (TPSA) is 25.8 Å². The number of benzene rings is 1. The van der Waals surface area contributed by atoms with Gasteiger partial charge in [-0.25, -0.2) is 9.97 Å². The highest BCUT2D eigenvalue weighted by Crippen LogP contribution is 2.39. The third-order valence-corrected chi connectivity index (χ3v) is 3.69. The van der Waals surface area contributed by atoms with Crippen molar-refractivity contribution >= 4 is 15.9 Å². The van der Waals surface area contributed by atoms with E-state index in [0.29, 0.717) is 5.92 Å². The first kappa shape index (κ1) is 11.8. The highest BCUT2D eigenvalue weighted by molar-refractivity contribution is 9.10. The molecule has 0 radical (unpaired) electrons. The lowest BCUT2D eigenvalue weighted by atomic mass is 10.1. The van der Waals surface area contributed by atoms with Crippen molar-refractivity contribution in [3.05, 3.63) is 46.3 Å². The standard InChI is InChI=1S/C15H15BrN2/c1-2-10-4-3-5-12(8-10)13-9-14(16)18-15(17-13)11-6-7-11/h3-5,8-9,11H,2,6-7H2,1H3. The van der Waals surface area contributed by atoms with Crippen LogP contribution in [0.15, 0.2) is 34.9 Å². The molecule has 2 nitrogen and oxygen atoms in total. The monoisotopic (exact) mass is 302 g/mol. The van der Waals surface area contributed by atoms with Crippen LogP contribution >= 0.6 is 15.9 Å². The molecule has 1 heterocycles. The van der Waals surface area contributed by atoms with Crippen LogP contribution in [0.3, 0.4) is 0 Å². The van der Waals surface area contributed by atoms with E-state index in [-0.39, 0.29) is 0 Å². The highest BCUT2D eigenvalue weighted by atomic mass is 79.9. The van der Waals surface area contributed by atoms with Crippen LogP contribution in [0.5, 0.6) is 0 Å². The number of aryl methyl sites for hydroxylation is 1. The average Bonchev–Trinajstić information content (AvgIpc) is 3.22. The second-order valence-electron chi connectivity index (χ2n) is 4.76. The zero-order valence-corrected chi connectivity index (χ0v) is 11.9. The Morgan fingerprint density at radius 2 is 2.06 bits per heavy atom. The summed E-state index contributed by atoms with van der Waals surface area (Å²) in [6.07, 6.45) is 3.51. The van der Waals surface area contributed by atoms with E-state index in [1.165, 1.54) is 24.0 Å². The number of nitrogens with zero attached hydrogens (tertiary/aromatic N) is 2. The number of hydrogen-bond donors (Lipinski definition) is 0. The van der Waals surface area contributed by atoms with Gasteiger partial charge >= 0.3 is 0 Å². The summed E-state index contributed by atoms with van der Waals surface area (Å²) in [4.78, 5) is 9.17. The van der Waals surface area contributed by atoms with Crippen molar-refractivity contribution in [2.24, 2.45) is 0 Å². The Morgan fingerprint density at radius 3 is 2.78 bits per heavy atom. The van der Waals surface area contributed by atoms with E-state index < -0.39 is 0 Å². The predicted octanol–water partition coefficient (Wildman–Crippen LogP) is 4.35. The van der Waals surface area contributed by atoms with Crippen LogP contribution in [-0.2, 0) is 6.42 Å². The molecule has 1 aromatic carbocycles. The van der Waals surface area contributed by atoms with Crippen molar-refractivity contribution in [2.45, 2.75) is 32.1 Å². The largest absolute Gasteiger partial charge is 0.233 e. The van der Waals surface area contributed by atoms with E-state index in [1.54, 1.807) is 0 Å². The van der Waals surface area contributed by atoms with Gasteiger partial charge in [0.1, 0.15) is 10.4 Å². The zero-order valence-electron chi connectivity index (χ0n) is 10.4. The zero-order chi connectivity index (χ0) is 12.5. The minimum Gasteiger partial charge on any atom is -0.233 e. The summed E-state index contributed by atoms with van der Waals surface area (Å²) in [5, 5.41) is 0. The minimum atomic E-state index is 0.579. The lowest BCUT2D eigenvalue weighted by molar-refractivity contribution is 0.919. The Labute approximate surface area is 116 Å². The second-order valence-corrected chi connectivity index (χ2v) is 5.57. The van der Waals surface area contributed by atoms with Crippen molar-refractivity contribution in [3.8, 4) is 11.3 Å². The molecule has 1 aliphatic rings. The molecule has 3 heteroatoms. The van der Waals surface area contributed by atoms with Gasteiger partial charge in [0.15, 0.2) is 0 Å². The normalized spacial score (nSPS) is 14.8. The molecule has 0 unspecified atom stereocenters. The number of halogens is 1. The maximum Gasteiger partial charge on any atom is 0.133 e. The van der Waals surface area contributed by atoms with Gasteiger partial charge in [-0.05, 0) is 52.9 Å². The first-order valence-electron chi connectivity index (χ1n) is 6.40. The molecule has 0 bridgehead atoms. The Morgan fingerprint density at radius 1 is 1.22 bits per heavy atom. The van der Waals surface area contributed by atoms with Crippen molar-refractivity contribution in [1.29, 1.82) is 0 Å². The van der Waals surface area contributed by atoms with E-state index in [1.807, 2.05) is 6.07 Å². The van der Waals surface area contributed by atoms with E-state index in [0.717, 1.165) is 22.5 Å². The smallest absolute Gasteiger partial charge is 0.133 e. The summed E-state index contributed by atoms with van der Waals surface area (Å²) in [5.74, 6) is 1.57. The van der Waals surface area contributed by atoms with Crippen LogP contribution in [-0.4, -0.2) is 9.97 Å². The van der Waals surface area contributed by atoms with Crippen LogP contribution < -0.4 is 0 Å². The van der Waals surface area contributed by atoms with E-state index in [9.17, 15) is 0 Å². The number of hydrogen-bond acceptors (Lipinski definition) is 2. The van der Waals surface area contributed by atoms with Gasteiger partial charge in [0, 0.05) is 11.5 Å². The van der Waals surface area contributed by atoms with Gasteiger partial charge in [-0.1, -0.05) is 25.1 Å². The van der Waals surface area contributed by atoms with Gasteiger partial charge in [0.25, 0.3) is 0 Å². The molecule has 3 rings (SSSR count). The van der Waals surface area contributed by atoms with Crippen LogP contribution in [0, 0.1) is 0 Å². The van der Waals surface area contributed by atoms with Crippen LogP contribution in [0.2, 0.25) is 0 Å². The van der Waals surface area contributed by atoms with Crippen molar-refractivity contribution in [1.82, 2.24) is 9.97 Å². The Balaban J connectivity index is 2.04. The molecule has 2 aromatic rings. The van der Waals surface area contributed by atoms with Gasteiger partial charge in [0.05, 0.1) is 5.69 Å². The lowest BCUT2D eigenvalue weighted by Gasteiger charge is -2.06. The first-order valence-corrected chi connectivity index (χ1v) is 7.19. The van der Waals surface area contributed by atoms with E-state index in [4.69, 9.17) is 4.98 Å². The summed E-state index contributed by atoms with van der Waals surface area (Å²) < 4.78 is 0.885. The summed E-state index contributed by atoms with van der Waals surface area (Å²) in [7, 11) is 0. The second kappa shape index (κ2) is 4.81. The molecule has 0 aliphatic heterocycles. The molecule has 1 saturated carbocycles. The quantitative estimate of drug-likeness (QED) is 0.788. The summed E-state index contributed by atoms with van der Waals surface area (Å²) >= 11 is 3.49. The summed E-state index contributed by atoms with van der Waals surface area (Å²) in [5.41, 5.74) is 3.55. The van der Waals surface area contributed by atoms with Crippen molar-refractivity contribution in [2.75, 3.05) is 0 Å². The highest BCUT2D eigenvalue weighted by Gasteiger charge is 2.27. The van der Waals surface area contributed by atoms with Crippen LogP contribution in [0.1, 0.15) is 37.1 Å². The molecule has 1 aliphatic carbocycles. The Bertz CT molecular complexity index is 576. The maximum absolute atomic E-state index is 4.70. The van der Waals surface area contributed by atoms with Gasteiger partial charge in [-0.3, -0.25) is 0 Å². The van der Waals surface area contributed by atoms with Crippen molar-refractivity contribution in [3.63, 3.8) is 0 Å². The van der Waals surface area contributed by atoms with Crippen LogP contribution in [0.25, 0.3) is 11.3 Å². The van der Waals surface area contributed by atoms with E-state index >= 15 is 0 Å². The van der Waals surface area contributed by atoms with Crippen LogP contribution in [0.4, 0.5) is 0 Å². The summed E-state index contributed by atoms with van der Waals surface area (Å²) in [6.45, 7) is 2.17. The maximum atomic E-state index is 4.70. The SMILES string of the molecule is CCc1cccc(-c2cc(Br)nc(C3CC3)n2)c1. The lowest BCUT2D eigenvalue weighted by Crippen LogP contribution is -1.96. The molecule has 18 heavy (non-hydrogen) atoms. The fourth-order valence-corrected chi connectivity index (χ4v) is 2.46. The number of aromatic nitrogens is 2. The fraction of sp³-hybridized carbons (Fsp3) is 0.333. The molecule has 0 N–H and O–H groups in total. The van der Waals surface area contributed by atoms with Gasteiger partial charge in [0.2, 0.25) is 0 Å². The van der Waals surface area contributed by atoms with E-state index in [2.05, 4.69) is 52.1 Å². The molecule has 0 amide bonds. The third-order valence-electron chi connectivity index (χ3n) is 3.29. The molecule has 1 fully saturated rings. The first-order chi connectivity index (χ1) is 8.76. The fourth-order valence-electron chi connectivity index (χ4n) is 2.06. The molecular weight excluding hydrogens is 288 g/mol. The van der Waals surface area contributed by atoms with Crippen molar-refractivity contribution < 1.29 is 0 Å². The predicted molar refractivity (Wildman–Crippen MR) is 76.5 cm³/mol. The molecule has 0 atom stereocenters. The Kier molecular flexibility index (Phi) is 3.16. The molecular formula is C15H15BrN2. The molecule has 0 spiro atoms. The summed E-state index contributed by atoms with van der Waals surface area (Å²) in [6, 6.07) is 10.6. The third kappa shape index (κ3) is 2.46. The van der Waals surface area contributed by atoms with Gasteiger partial charge < -0.3 is 0 Å². The Hall–Kier alpha value is -1.22. The minimum absolute atomic E-state index is 0.579. The molecule has 0 saturated heterocycles. The number of rotatable bonds is 3. The molecule has 92 valence electrons. The average molecular weight is 303 g/mol.